The maximum atomic E-state index is 14.1. The predicted molar refractivity (Wildman–Crippen MR) is 110 cm³/mol. The van der Waals surface area contributed by atoms with E-state index in [4.69, 9.17) is 0 Å². The van der Waals surface area contributed by atoms with E-state index >= 15 is 0 Å². The summed E-state index contributed by atoms with van der Waals surface area (Å²) in [5.41, 5.74) is 2.07. The molecule has 0 spiro atoms. The topological polar surface area (TPSA) is 85.6 Å². The number of carbonyl (C=O) groups excluding carboxylic acids is 1. The summed E-state index contributed by atoms with van der Waals surface area (Å²) < 4.78 is 15.5. The predicted octanol–water partition coefficient (Wildman–Crippen LogP) is 4.11. The third-order valence-electron chi connectivity index (χ3n) is 3.98. The highest BCUT2D eigenvalue weighted by Gasteiger charge is 2.12. The van der Waals surface area contributed by atoms with Crippen LogP contribution in [0.4, 0.5) is 10.1 Å². The van der Waals surface area contributed by atoms with E-state index in [2.05, 4.69) is 25.8 Å². The molecule has 1 N–H and O–H groups in total. The molecule has 4 rings (SSSR count). The summed E-state index contributed by atoms with van der Waals surface area (Å²) >= 11 is 3.27. The molecule has 7 nitrogen and oxygen atoms in total. The lowest BCUT2D eigenvalue weighted by Gasteiger charge is -2.09. The van der Waals surface area contributed by atoms with E-state index in [0.717, 1.165) is 21.3 Å². The van der Waals surface area contributed by atoms with E-state index in [1.54, 1.807) is 35.2 Å². The number of thioether (sulfide) groups is 1. The molecule has 0 fully saturated rings. The second kappa shape index (κ2) is 8.50. The summed E-state index contributed by atoms with van der Waals surface area (Å²) in [4.78, 5) is 18.0. The Hall–Kier alpha value is -3.11. The van der Waals surface area contributed by atoms with Gasteiger partial charge in [0.05, 0.1) is 22.1 Å². The number of thiazole rings is 1. The summed E-state index contributed by atoms with van der Waals surface area (Å²) in [5.74, 6) is -0.171. The zero-order chi connectivity index (χ0) is 20.2. The van der Waals surface area contributed by atoms with Crippen LogP contribution in [0.1, 0.15) is 21.1 Å². The maximum absolute atomic E-state index is 14.1. The minimum atomic E-state index is -0.541. The lowest BCUT2D eigenvalue weighted by Crippen LogP contribution is -2.13. The SMILES string of the molecule is Cc1nc(CSc2ccc(C(=O)Nc3cc(-n4cnnn4)ccc3F)cc2)cs1. The molecule has 0 bridgehead atoms. The van der Waals surface area contributed by atoms with Crippen molar-refractivity contribution in [2.75, 3.05) is 5.32 Å². The van der Waals surface area contributed by atoms with E-state index in [1.165, 1.54) is 29.2 Å². The van der Waals surface area contributed by atoms with Gasteiger partial charge in [-0.25, -0.2) is 14.1 Å². The molecule has 2 heterocycles. The van der Waals surface area contributed by atoms with Crippen molar-refractivity contribution in [2.45, 2.75) is 17.6 Å². The molecule has 2 aromatic carbocycles. The van der Waals surface area contributed by atoms with Gasteiger partial charge in [-0.2, -0.15) is 0 Å². The molecular formula is C19H15FN6OS2. The molecule has 146 valence electrons. The number of amides is 1. The van der Waals surface area contributed by atoms with Crippen LogP contribution in [0.3, 0.4) is 0 Å². The molecule has 10 heteroatoms. The smallest absolute Gasteiger partial charge is 0.255 e. The summed E-state index contributed by atoms with van der Waals surface area (Å²) in [6, 6.07) is 11.4. The Kier molecular flexibility index (Phi) is 5.63. The molecule has 0 aliphatic rings. The van der Waals surface area contributed by atoms with Crippen molar-refractivity contribution in [2.24, 2.45) is 0 Å². The largest absolute Gasteiger partial charge is 0.319 e. The van der Waals surface area contributed by atoms with E-state index in [1.807, 2.05) is 24.4 Å². The van der Waals surface area contributed by atoms with Crippen LogP contribution in [-0.2, 0) is 5.75 Å². The van der Waals surface area contributed by atoms with Crippen molar-refractivity contribution in [1.82, 2.24) is 25.2 Å². The average molecular weight is 427 g/mol. The number of hydrogen-bond acceptors (Lipinski definition) is 7. The highest BCUT2D eigenvalue weighted by atomic mass is 32.2. The van der Waals surface area contributed by atoms with Crippen LogP contribution < -0.4 is 5.32 Å². The maximum Gasteiger partial charge on any atom is 0.255 e. The summed E-state index contributed by atoms with van der Waals surface area (Å²) in [6.45, 7) is 1.98. The number of halogens is 1. The molecule has 0 atom stereocenters. The summed E-state index contributed by atoms with van der Waals surface area (Å²) in [5, 5.41) is 16.5. The van der Waals surface area contributed by atoms with Gasteiger partial charge in [-0.1, -0.05) is 0 Å². The van der Waals surface area contributed by atoms with Crippen LogP contribution in [0.2, 0.25) is 0 Å². The highest BCUT2D eigenvalue weighted by molar-refractivity contribution is 7.98. The minimum Gasteiger partial charge on any atom is -0.319 e. The third kappa shape index (κ3) is 4.66. The van der Waals surface area contributed by atoms with Gasteiger partial charge in [0.2, 0.25) is 0 Å². The van der Waals surface area contributed by atoms with E-state index in [0.29, 0.717) is 11.3 Å². The van der Waals surface area contributed by atoms with Gasteiger partial charge in [-0.3, -0.25) is 4.79 Å². The molecule has 4 aromatic rings. The molecule has 0 saturated heterocycles. The van der Waals surface area contributed by atoms with Crippen LogP contribution in [0, 0.1) is 12.7 Å². The Morgan fingerprint density at radius 2 is 2.07 bits per heavy atom. The molecule has 0 aliphatic carbocycles. The van der Waals surface area contributed by atoms with Crippen molar-refractivity contribution in [3.63, 3.8) is 0 Å². The van der Waals surface area contributed by atoms with Gasteiger partial charge in [0.1, 0.15) is 12.1 Å². The van der Waals surface area contributed by atoms with Crippen LogP contribution in [0.25, 0.3) is 5.69 Å². The Morgan fingerprint density at radius 3 is 2.76 bits per heavy atom. The molecule has 0 radical (unpaired) electrons. The molecule has 2 aromatic heterocycles. The van der Waals surface area contributed by atoms with Gasteiger partial charge in [-0.15, -0.1) is 28.2 Å². The van der Waals surface area contributed by atoms with Crippen LogP contribution in [0.5, 0.6) is 0 Å². The quantitative estimate of drug-likeness (QED) is 0.467. The van der Waals surface area contributed by atoms with Gasteiger partial charge in [0, 0.05) is 21.6 Å². The summed E-state index contributed by atoms with van der Waals surface area (Å²) in [7, 11) is 0. The zero-order valence-corrected chi connectivity index (χ0v) is 16.9. The number of hydrogen-bond donors (Lipinski definition) is 1. The fraction of sp³-hybridized carbons (Fsp3) is 0.105. The van der Waals surface area contributed by atoms with Crippen molar-refractivity contribution < 1.29 is 9.18 Å². The number of carbonyl (C=O) groups is 1. The first kappa shape index (κ1) is 19.2. The zero-order valence-electron chi connectivity index (χ0n) is 15.2. The number of nitrogens with one attached hydrogen (secondary N) is 1. The van der Waals surface area contributed by atoms with E-state index in [9.17, 15) is 9.18 Å². The monoisotopic (exact) mass is 426 g/mol. The highest BCUT2D eigenvalue weighted by Crippen LogP contribution is 2.24. The lowest BCUT2D eigenvalue weighted by molar-refractivity contribution is 0.102. The Balaban J connectivity index is 1.42. The minimum absolute atomic E-state index is 0.0559. The average Bonchev–Trinajstić information content (AvgIpc) is 3.40. The van der Waals surface area contributed by atoms with Crippen LogP contribution in [-0.4, -0.2) is 31.1 Å². The third-order valence-corrected chi connectivity index (χ3v) is 5.85. The van der Waals surface area contributed by atoms with E-state index in [-0.39, 0.29) is 5.69 Å². The Labute approximate surface area is 174 Å². The van der Waals surface area contributed by atoms with Crippen molar-refractivity contribution in [1.29, 1.82) is 0 Å². The number of aromatic nitrogens is 5. The molecular weight excluding hydrogens is 411 g/mol. The Morgan fingerprint density at radius 1 is 1.24 bits per heavy atom. The van der Waals surface area contributed by atoms with Gasteiger partial charge in [0.15, 0.2) is 0 Å². The van der Waals surface area contributed by atoms with Crippen LogP contribution >= 0.6 is 23.1 Å². The summed E-state index contributed by atoms with van der Waals surface area (Å²) in [6.07, 6.45) is 1.39. The molecule has 0 unspecified atom stereocenters. The van der Waals surface area contributed by atoms with Crippen LogP contribution in [0.15, 0.2) is 59.1 Å². The van der Waals surface area contributed by atoms with Gasteiger partial charge in [-0.05, 0) is 59.8 Å². The van der Waals surface area contributed by atoms with Gasteiger partial charge >= 0.3 is 0 Å². The molecule has 29 heavy (non-hydrogen) atoms. The normalized spacial score (nSPS) is 10.8. The number of tetrazole rings is 1. The first-order valence-corrected chi connectivity index (χ1v) is 10.4. The van der Waals surface area contributed by atoms with Gasteiger partial charge in [0.25, 0.3) is 5.91 Å². The fourth-order valence-corrected chi connectivity index (χ4v) is 4.07. The lowest BCUT2D eigenvalue weighted by atomic mass is 10.2. The number of rotatable bonds is 6. The fourth-order valence-electron chi connectivity index (χ4n) is 2.56. The number of aryl methyl sites for hydroxylation is 1. The standard InChI is InChI=1S/C19H15FN6OS2/c1-12-22-14(9-28-12)10-29-16-5-2-13(3-6-16)19(27)23-18-8-15(4-7-17(18)20)26-11-21-24-25-26/h2-9,11H,10H2,1H3,(H,23,27). The van der Waals surface area contributed by atoms with Crippen molar-refractivity contribution >= 4 is 34.7 Å². The number of anilines is 1. The number of benzene rings is 2. The molecule has 0 aliphatic heterocycles. The second-order valence-electron chi connectivity index (χ2n) is 6.04. The van der Waals surface area contributed by atoms with Crippen molar-refractivity contribution in [3.05, 3.63) is 76.3 Å². The first-order valence-electron chi connectivity index (χ1n) is 8.56. The molecule has 1 amide bonds. The first-order chi connectivity index (χ1) is 14.1. The number of nitrogens with zero attached hydrogens (tertiary/aromatic N) is 5. The second-order valence-corrected chi connectivity index (χ2v) is 8.15. The van der Waals surface area contributed by atoms with Gasteiger partial charge < -0.3 is 5.32 Å². The Bertz CT molecular complexity index is 1130. The molecule has 0 saturated carbocycles. The van der Waals surface area contributed by atoms with E-state index < -0.39 is 11.7 Å². The van der Waals surface area contributed by atoms with Crippen molar-refractivity contribution in [3.8, 4) is 5.69 Å².